The lowest BCUT2D eigenvalue weighted by Crippen LogP contribution is -2.08. The molecule has 0 amide bonds. The fourth-order valence-electron chi connectivity index (χ4n) is 2.90. The van der Waals surface area contributed by atoms with Crippen LogP contribution in [0.25, 0.3) is 11.0 Å². The number of halogens is 2. The van der Waals surface area contributed by atoms with E-state index in [1.165, 1.54) is 27.3 Å². The predicted molar refractivity (Wildman–Crippen MR) is 91.3 cm³/mol. The van der Waals surface area contributed by atoms with Crippen LogP contribution in [0.1, 0.15) is 23.6 Å². The van der Waals surface area contributed by atoms with Gasteiger partial charge in [-0.15, -0.1) is 0 Å². The van der Waals surface area contributed by atoms with E-state index >= 15 is 0 Å². The van der Waals surface area contributed by atoms with E-state index in [0.29, 0.717) is 5.02 Å². The number of aromatic nitrogens is 2. The molecule has 1 atom stereocenters. The van der Waals surface area contributed by atoms with Crippen molar-refractivity contribution in [3.05, 3.63) is 51.0 Å². The molecule has 1 aromatic heterocycles. The molecule has 0 fully saturated rings. The number of rotatable bonds is 2. The third-order valence-electron chi connectivity index (χ3n) is 3.91. The van der Waals surface area contributed by atoms with Crippen LogP contribution >= 0.6 is 39.3 Å². The number of nitrogens with zero attached hydrogens (tertiary/aromatic N) is 2. The molecule has 1 N–H and O–H groups in total. The van der Waals surface area contributed by atoms with Crippen LogP contribution in [0, 0.1) is 0 Å². The van der Waals surface area contributed by atoms with Crippen molar-refractivity contribution in [2.75, 3.05) is 5.32 Å². The van der Waals surface area contributed by atoms with Crippen LogP contribution < -0.4 is 5.32 Å². The molecule has 2 aromatic carbocycles. The van der Waals surface area contributed by atoms with Crippen molar-refractivity contribution >= 4 is 56.0 Å². The minimum Gasteiger partial charge on any atom is -0.375 e. The zero-order valence-electron chi connectivity index (χ0n) is 10.9. The summed E-state index contributed by atoms with van der Waals surface area (Å²) in [7, 11) is 0. The van der Waals surface area contributed by atoms with Gasteiger partial charge in [0.25, 0.3) is 0 Å². The van der Waals surface area contributed by atoms with Gasteiger partial charge in [0.2, 0.25) is 0 Å². The zero-order valence-corrected chi connectivity index (χ0v) is 14.1. The lowest BCUT2D eigenvalue weighted by Gasteiger charge is -2.17. The molecule has 0 spiro atoms. The summed E-state index contributed by atoms with van der Waals surface area (Å²) in [5.41, 5.74) is 5.35. The van der Waals surface area contributed by atoms with Gasteiger partial charge >= 0.3 is 0 Å². The van der Waals surface area contributed by atoms with Gasteiger partial charge in [0.1, 0.15) is 11.0 Å². The molecule has 106 valence electrons. The van der Waals surface area contributed by atoms with Gasteiger partial charge in [0.05, 0.1) is 28.5 Å². The molecule has 3 nitrogen and oxygen atoms in total. The van der Waals surface area contributed by atoms with Crippen molar-refractivity contribution in [1.82, 2.24) is 8.75 Å². The highest BCUT2D eigenvalue weighted by atomic mass is 79.9. The molecular formula is C15H11BrClN3S. The second kappa shape index (κ2) is 5.23. The Kier molecular flexibility index (Phi) is 3.36. The minimum atomic E-state index is 0.266. The summed E-state index contributed by atoms with van der Waals surface area (Å²) in [4.78, 5) is 0. The average Bonchev–Trinajstić information content (AvgIpc) is 3.09. The van der Waals surface area contributed by atoms with Crippen molar-refractivity contribution in [2.45, 2.75) is 18.9 Å². The molecule has 0 radical (unpaired) electrons. The SMILES string of the molecule is Clc1ccc2nsnc2c1NC1CCc2c(Br)cccc21. The molecule has 0 saturated heterocycles. The number of fused-ring (bicyclic) bond motifs is 2. The van der Waals surface area contributed by atoms with E-state index in [0.717, 1.165) is 29.6 Å². The van der Waals surface area contributed by atoms with E-state index < -0.39 is 0 Å². The summed E-state index contributed by atoms with van der Waals surface area (Å²) < 4.78 is 9.83. The summed E-state index contributed by atoms with van der Waals surface area (Å²) in [6.07, 6.45) is 2.12. The highest BCUT2D eigenvalue weighted by Crippen LogP contribution is 2.40. The number of nitrogens with one attached hydrogen (secondary N) is 1. The Balaban J connectivity index is 1.76. The second-order valence-corrected chi connectivity index (χ2v) is 6.89. The first-order valence-electron chi connectivity index (χ1n) is 6.68. The largest absolute Gasteiger partial charge is 0.375 e. The number of anilines is 1. The normalized spacial score (nSPS) is 17.1. The highest BCUT2D eigenvalue weighted by Gasteiger charge is 2.25. The molecule has 1 aliphatic rings. The van der Waals surface area contributed by atoms with Crippen LogP contribution in [0.5, 0.6) is 0 Å². The third-order valence-corrected chi connectivity index (χ3v) is 5.51. The summed E-state index contributed by atoms with van der Waals surface area (Å²) in [6.45, 7) is 0. The van der Waals surface area contributed by atoms with Crippen molar-refractivity contribution in [1.29, 1.82) is 0 Å². The molecular weight excluding hydrogens is 370 g/mol. The van der Waals surface area contributed by atoms with E-state index in [9.17, 15) is 0 Å². The maximum absolute atomic E-state index is 6.36. The quantitative estimate of drug-likeness (QED) is 0.663. The molecule has 0 bridgehead atoms. The Morgan fingerprint density at radius 3 is 3.05 bits per heavy atom. The Morgan fingerprint density at radius 2 is 2.14 bits per heavy atom. The molecule has 21 heavy (non-hydrogen) atoms. The van der Waals surface area contributed by atoms with Gasteiger partial charge in [-0.05, 0) is 42.2 Å². The van der Waals surface area contributed by atoms with Gasteiger partial charge in [-0.2, -0.15) is 8.75 Å². The monoisotopic (exact) mass is 379 g/mol. The molecule has 1 heterocycles. The van der Waals surface area contributed by atoms with Crippen LogP contribution in [0.2, 0.25) is 5.02 Å². The molecule has 6 heteroatoms. The van der Waals surface area contributed by atoms with E-state index in [4.69, 9.17) is 11.6 Å². The van der Waals surface area contributed by atoms with Gasteiger partial charge in [-0.25, -0.2) is 0 Å². The van der Waals surface area contributed by atoms with E-state index in [1.807, 2.05) is 12.1 Å². The Labute approximate surface area is 139 Å². The average molecular weight is 381 g/mol. The maximum atomic E-state index is 6.36. The number of hydrogen-bond acceptors (Lipinski definition) is 4. The molecule has 4 rings (SSSR count). The van der Waals surface area contributed by atoms with Crippen molar-refractivity contribution < 1.29 is 0 Å². The fourth-order valence-corrected chi connectivity index (χ4v) is 4.23. The second-order valence-electron chi connectivity index (χ2n) is 5.10. The lowest BCUT2D eigenvalue weighted by molar-refractivity contribution is 0.763. The van der Waals surface area contributed by atoms with Gasteiger partial charge in [-0.3, -0.25) is 0 Å². The molecule has 1 aliphatic carbocycles. The van der Waals surface area contributed by atoms with Crippen LogP contribution in [-0.4, -0.2) is 8.75 Å². The standard InChI is InChI=1S/C15H11BrClN3S/c16-10-3-1-2-9-8(10)4-6-12(9)18-14-11(17)5-7-13-15(14)20-21-19-13/h1-3,5,7,12,18H,4,6H2. The Hall–Kier alpha value is -1.17. The smallest absolute Gasteiger partial charge is 0.129 e. The topological polar surface area (TPSA) is 37.8 Å². The summed E-state index contributed by atoms with van der Waals surface area (Å²) in [5, 5.41) is 4.27. The summed E-state index contributed by atoms with van der Waals surface area (Å²) in [6, 6.07) is 10.4. The minimum absolute atomic E-state index is 0.266. The van der Waals surface area contributed by atoms with Gasteiger partial charge in [0, 0.05) is 4.47 Å². The van der Waals surface area contributed by atoms with Crippen molar-refractivity contribution in [3.8, 4) is 0 Å². The van der Waals surface area contributed by atoms with Crippen molar-refractivity contribution in [3.63, 3.8) is 0 Å². The van der Waals surface area contributed by atoms with Crippen LogP contribution in [0.3, 0.4) is 0 Å². The van der Waals surface area contributed by atoms with Gasteiger partial charge in [-0.1, -0.05) is 39.7 Å². The van der Waals surface area contributed by atoms with Crippen LogP contribution in [0.15, 0.2) is 34.8 Å². The van der Waals surface area contributed by atoms with Crippen LogP contribution in [-0.2, 0) is 6.42 Å². The molecule has 0 aliphatic heterocycles. The molecule has 0 saturated carbocycles. The van der Waals surface area contributed by atoms with E-state index in [-0.39, 0.29) is 6.04 Å². The lowest BCUT2D eigenvalue weighted by atomic mass is 10.1. The fraction of sp³-hybridized carbons (Fsp3) is 0.200. The Bertz CT molecular complexity index is 833. The summed E-state index contributed by atoms with van der Waals surface area (Å²) >= 11 is 11.2. The van der Waals surface area contributed by atoms with E-state index in [2.05, 4.69) is 48.2 Å². The third kappa shape index (κ3) is 2.24. The molecule has 3 aromatic rings. The van der Waals surface area contributed by atoms with Gasteiger partial charge < -0.3 is 5.32 Å². The van der Waals surface area contributed by atoms with E-state index in [1.54, 1.807) is 0 Å². The zero-order chi connectivity index (χ0) is 14.4. The first-order valence-corrected chi connectivity index (χ1v) is 8.59. The van der Waals surface area contributed by atoms with Crippen LogP contribution in [0.4, 0.5) is 5.69 Å². The first kappa shape index (κ1) is 13.5. The number of benzene rings is 2. The number of hydrogen-bond donors (Lipinski definition) is 1. The maximum Gasteiger partial charge on any atom is 0.129 e. The molecule has 1 unspecified atom stereocenters. The first-order chi connectivity index (χ1) is 10.2. The van der Waals surface area contributed by atoms with Gasteiger partial charge in [0.15, 0.2) is 0 Å². The highest BCUT2D eigenvalue weighted by molar-refractivity contribution is 9.10. The Morgan fingerprint density at radius 1 is 1.24 bits per heavy atom. The predicted octanol–water partition coefficient (Wildman–Crippen LogP) is 5.21. The van der Waals surface area contributed by atoms with Crippen molar-refractivity contribution in [2.24, 2.45) is 0 Å². The summed E-state index contributed by atoms with van der Waals surface area (Å²) in [5.74, 6) is 0.